The zero-order valence-corrected chi connectivity index (χ0v) is 21.4. The summed E-state index contributed by atoms with van der Waals surface area (Å²) in [6.45, 7) is 6.25. The number of ether oxygens (including phenoxy) is 2. The number of nitrogens with one attached hydrogen (secondary N) is 1. The molecule has 0 aliphatic carbocycles. The number of rotatable bonds is 8. The van der Waals surface area contributed by atoms with Crippen molar-refractivity contribution in [3.05, 3.63) is 75.1 Å². The van der Waals surface area contributed by atoms with E-state index in [1.54, 1.807) is 21.1 Å². The van der Waals surface area contributed by atoms with Gasteiger partial charge in [0.25, 0.3) is 5.56 Å². The van der Waals surface area contributed by atoms with Gasteiger partial charge in [-0.2, -0.15) is 0 Å². The summed E-state index contributed by atoms with van der Waals surface area (Å²) in [6, 6.07) is 11.1. The number of methoxy groups -OCH3 is 2. The summed E-state index contributed by atoms with van der Waals surface area (Å²) in [5.74, 6) is 1.06. The number of thiophene rings is 1. The first-order valence-corrected chi connectivity index (χ1v) is 12.3. The average Bonchev–Trinajstić information content (AvgIpc) is 3.30. The summed E-state index contributed by atoms with van der Waals surface area (Å²) in [7, 11) is 3.18. The summed E-state index contributed by atoms with van der Waals surface area (Å²) in [4.78, 5) is 31.4. The minimum Gasteiger partial charge on any atom is -0.493 e. The van der Waals surface area contributed by atoms with Gasteiger partial charge in [-0.3, -0.25) is 14.2 Å². The van der Waals surface area contributed by atoms with Crippen molar-refractivity contribution in [1.82, 2.24) is 14.9 Å². The molecule has 1 atom stereocenters. The van der Waals surface area contributed by atoms with Crippen molar-refractivity contribution < 1.29 is 14.3 Å². The predicted octanol–water partition coefficient (Wildman–Crippen LogP) is 4.68. The number of carbonyl (C=O) groups excluding carboxylic acids is 1. The third kappa shape index (κ3) is 4.93. The van der Waals surface area contributed by atoms with Crippen LogP contribution < -0.4 is 20.3 Å². The molecule has 0 aliphatic heterocycles. The molecule has 2 aromatic heterocycles. The molecule has 0 bridgehead atoms. The number of aromatic nitrogens is 2. The molecule has 0 aliphatic rings. The van der Waals surface area contributed by atoms with Gasteiger partial charge in [0.1, 0.15) is 10.9 Å². The highest BCUT2D eigenvalue weighted by molar-refractivity contribution is 7.17. The molecule has 0 radical (unpaired) electrons. The molecule has 4 aromatic rings. The van der Waals surface area contributed by atoms with Crippen LogP contribution in [0.25, 0.3) is 21.3 Å². The highest BCUT2D eigenvalue weighted by atomic mass is 32.1. The number of carbonyl (C=O) groups is 1. The Morgan fingerprint density at radius 3 is 2.57 bits per heavy atom. The number of fused-ring (bicyclic) bond motifs is 1. The second-order valence-corrected chi connectivity index (χ2v) is 9.35. The van der Waals surface area contributed by atoms with Gasteiger partial charge < -0.3 is 14.8 Å². The number of aryl methyl sites for hydroxylation is 2. The Kier molecular flexibility index (Phi) is 7.21. The largest absolute Gasteiger partial charge is 0.493 e. The zero-order chi connectivity index (χ0) is 25.1. The Balaban J connectivity index is 1.52. The maximum atomic E-state index is 13.4. The third-order valence-corrected chi connectivity index (χ3v) is 7.18. The van der Waals surface area contributed by atoms with Crippen LogP contribution in [0.15, 0.2) is 52.9 Å². The van der Waals surface area contributed by atoms with Crippen LogP contribution in [0.4, 0.5) is 0 Å². The van der Waals surface area contributed by atoms with Crippen LogP contribution in [-0.4, -0.2) is 36.2 Å². The van der Waals surface area contributed by atoms with Gasteiger partial charge in [-0.05, 0) is 61.6 Å². The van der Waals surface area contributed by atoms with E-state index in [0.29, 0.717) is 34.7 Å². The Hall–Kier alpha value is -3.65. The minimum absolute atomic E-state index is 0.216. The number of hydrogen-bond acceptors (Lipinski definition) is 6. The second kappa shape index (κ2) is 10.3. The minimum atomic E-state index is -0.697. The topological polar surface area (TPSA) is 82.5 Å². The van der Waals surface area contributed by atoms with E-state index in [1.807, 2.05) is 29.6 Å². The normalized spacial score (nSPS) is 11.9. The van der Waals surface area contributed by atoms with Crippen LogP contribution in [-0.2, 0) is 11.2 Å². The molecule has 2 aromatic carbocycles. The number of nitrogens with zero attached hydrogens (tertiary/aromatic N) is 2. The van der Waals surface area contributed by atoms with Crippen LogP contribution in [0.5, 0.6) is 11.5 Å². The van der Waals surface area contributed by atoms with E-state index in [1.165, 1.54) is 27.8 Å². The third-order valence-electron chi connectivity index (χ3n) is 6.29. The predicted molar refractivity (Wildman–Crippen MR) is 140 cm³/mol. The lowest BCUT2D eigenvalue weighted by molar-refractivity contribution is -0.123. The van der Waals surface area contributed by atoms with Gasteiger partial charge in [0, 0.05) is 17.5 Å². The molecule has 1 unspecified atom stereocenters. The van der Waals surface area contributed by atoms with Crippen molar-refractivity contribution in [2.45, 2.75) is 33.2 Å². The fraction of sp³-hybridized carbons (Fsp3) is 0.296. The summed E-state index contributed by atoms with van der Waals surface area (Å²) in [5, 5.41) is 5.44. The molecular weight excluding hydrogens is 462 g/mol. The molecule has 0 spiro atoms. The van der Waals surface area contributed by atoms with E-state index in [2.05, 4.69) is 36.3 Å². The van der Waals surface area contributed by atoms with Crippen molar-refractivity contribution in [3.63, 3.8) is 0 Å². The number of hydrogen-bond donors (Lipinski definition) is 1. The van der Waals surface area contributed by atoms with Gasteiger partial charge in [0.15, 0.2) is 11.5 Å². The van der Waals surface area contributed by atoms with Crippen LogP contribution in [0.2, 0.25) is 0 Å². The van der Waals surface area contributed by atoms with E-state index >= 15 is 0 Å². The molecule has 1 amide bonds. The Morgan fingerprint density at radius 2 is 1.86 bits per heavy atom. The standard InChI is InChI=1S/C27H29N3O4S/c1-16-6-8-20(12-17(16)2)21-14-35-26-24(21)27(32)30(15-29-26)18(3)25(31)28-11-10-19-7-9-22(33-4)23(13-19)34-5/h6-9,12-15,18H,10-11H2,1-5H3,(H,28,31). The lowest BCUT2D eigenvalue weighted by Crippen LogP contribution is -2.36. The smallest absolute Gasteiger partial charge is 0.263 e. The van der Waals surface area contributed by atoms with Gasteiger partial charge in [0.05, 0.1) is 25.9 Å². The molecule has 4 rings (SSSR count). The lowest BCUT2D eigenvalue weighted by Gasteiger charge is -2.15. The average molecular weight is 492 g/mol. The first-order valence-electron chi connectivity index (χ1n) is 11.4. The Labute approximate surface area is 208 Å². The molecule has 0 saturated heterocycles. The Bertz CT molecular complexity index is 1440. The molecular formula is C27H29N3O4S. The van der Waals surface area contributed by atoms with Crippen LogP contribution in [0, 0.1) is 13.8 Å². The van der Waals surface area contributed by atoms with Gasteiger partial charge >= 0.3 is 0 Å². The van der Waals surface area contributed by atoms with Gasteiger partial charge in [-0.15, -0.1) is 11.3 Å². The fourth-order valence-electron chi connectivity index (χ4n) is 3.98. The molecule has 7 nitrogen and oxygen atoms in total. The maximum absolute atomic E-state index is 13.4. The second-order valence-electron chi connectivity index (χ2n) is 8.49. The van der Waals surface area contributed by atoms with Gasteiger partial charge in [-0.25, -0.2) is 4.98 Å². The van der Waals surface area contributed by atoms with Crippen molar-refractivity contribution in [2.75, 3.05) is 20.8 Å². The SMILES string of the molecule is COc1ccc(CCNC(=O)C(C)n2cnc3scc(-c4ccc(C)c(C)c4)c3c2=O)cc1OC. The van der Waals surface area contributed by atoms with Crippen LogP contribution in [0.3, 0.4) is 0 Å². The lowest BCUT2D eigenvalue weighted by atomic mass is 10.0. The first-order chi connectivity index (χ1) is 16.8. The van der Waals surface area contributed by atoms with Crippen LogP contribution >= 0.6 is 11.3 Å². The quantitative estimate of drug-likeness (QED) is 0.387. The molecule has 2 heterocycles. The highest BCUT2D eigenvalue weighted by Crippen LogP contribution is 2.32. The monoisotopic (exact) mass is 491 g/mol. The van der Waals surface area contributed by atoms with Gasteiger partial charge in [-0.1, -0.05) is 24.3 Å². The first kappa shape index (κ1) is 24.5. The number of benzene rings is 2. The molecule has 182 valence electrons. The van der Waals surface area contributed by atoms with Crippen molar-refractivity contribution in [1.29, 1.82) is 0 Å². The summed E-state index contributed by atoms with van der Waals surface area (Å²) in [5.41, 5.74) is 4.97. The van der Waals surface area contributed by atoms with Crippen LogP contribution in [0.1, 0.15) is 29.7 Å². The van der Waals surface area contributed by atoms with E-state index in [4.69, 9.17) is 9.47 Å². The van der Waals surface area contributed by atoms with Crippen molar-refractivity contribution in [3.8, 4) is 22.6 Å². The zero-order valence-electron chi connectivity index (χ0n) is 20.5. The number of amides is 1. The highest BCUT2D eigenvalue weighted by Gasteiger charge is 2.20. The molecule has 35 heavy (non-hydrogen) atoms. The van der Waals surface area contributed by atoms with E-state index < -0.39 is 6.04 Å². The maximum Gasteiger partial charge on any atom is 0.263 e. The molecule has 0 saturated carbocycles. The summed E-state index contributed by atoms with van der Waals surface area (Å²) >= 11 is 1.43. The van der Waals surface area contributed by atoms with Crippen molar-refractivity contribution >= 4 is 27.5 Å². The fourth-order valence-corrected chi connectivity index (χ4v) is 4.89. The molecule has 8 heteroatoms. The van der Waals surface area contributed by atoms with Crippen molar-refractivity contribution in [2.24, 2.45) is 0 Å². The summed E-state index contributed by atoms with van der Waals surface area (Å²) in [6.07, 6.45) is 2.08. The van der Waals surface area contributed by atoms with Gasteiger partial charge in [0.2, 0.25) is 5.91 Å². The Morgan fingerprint density at radius 1 is 1.09 bits per heavy atom. The van der Waals surface area contributed by atoms with E-state index in [9.17, 15) is 9.59 Å². The van der Waals surface area contributed by atoms with E-state index in [-0.39, 0.29) is 11.5 Å². The molecule has 0 fully saturated rings. The molecule has 1 N–H and O–H groups in total. The van der Waals surface area contributed by atoms with E-state index in [0.717, 1.165) is 22.3 Å². The summed E-state index contributed by atoms with van der Waals surface area (Å²) < 4.78 is 12.0.